The van der Waals surface area contributed by atoms with Gasteiger partial charge in [0.2, 0.25) is 0 Å². The molecule has 0 radical (unpaired) electrons. The van der Waals surface area contributed by atoms with Crippen LogP contribution in [-0.4, -0.2) is 28.6 Å². The van der Waals surface area contributed by atoms with Crippen molar-refractivity contribution < 1.29 is 14.3 Å². The molecule has 20 heavy (non-hydrogen) atoms. The van der Waals surface area contributed by atoms with E-state index in [0.29, 0.717) is 29.6 Å². The first kappa shape index (κ1) is 15.1. The van der Waals surface area contributed by atoms with E-state index in [2.05, 4.69) is 5.10 Å². The summed E-state index contributed by atoms with van der Waals surface area (Å²) in [4.78, 5) is 0. The summed E-state index contributed by atoms with van der Waals surface area (Å²) >= 11 is 6.17. The van der Waals surface area contributed by atoms with Crippen LogP contribution in [0.2, 0.25) is 5.02 Å². The Hall–Kier alpha value is -1.30. The molecule has 6 heteroatoms. The lowest BCUT2D eigenvalue weighted by atomic mass is 10.0. The number of hydrogen-bond acceptors (Lipinski definition) is 4. The summed E-state index contributed by atoms with van der Waals surface area (Å²) in [5, 5.41) is 15.3. The zero-order chi connectivity index (χ0) is 14.9. The van der Waals surface area contributed by atoms with Crippen molar-refractivity contribution in [3.05, 3.63) is 39.6 Å². The number of methoxy groups -OCH3 is 1. The molecule has 2 aromatic rings. The molecule has 2 aromatic heterocycles. The van der Waals surface area contributed by atoms with Gasteiger partial charge in [0.05, 0.1) is 30.1 Å². The molecule has 2 rings (SSSR count). The molecule has 0 bridgehead atoms. The van der Waals surface area contributed by atoms with Crippen molar-refractivity contribution in [1.29, 1.82) is 0 Å². The van der Waals surface area contributed by atoms with Crippen LogP contribution < -0.4 is 0 Å². The first-order valence-electron chi connectivity index (χ1n) is 6.42. The highest BCUT2D eigenvalue weighted by atomic mass is 35.5. The standard InChI is InChI=1S/C14H19ClN2O3/c1-8-9(2)20-10(3)12(8)14(18)13-11(15)7-16-17(13)5-6-19-4/h7,14,18H,5-6H2,1-4H3. The highest BCUT2D eigenvalue weighted by Gasteiger charge is 2.26. The molecular formula is C14H19ClN2O3. The minimum Gasteiger partial charge on any atom is -0.466 e. The fourth-order valence-electron chi connectivity index (χ4n) is 2.35. The van der Waals surface area contributed by atoms with Gasteiger partial charge in [-0.1, -0.05) is 11.6 Å². The number of aromatic nitrogens is 2. The summed E-state index contributed by atoms with van der Waals surface area (Å²) < 4.78 is 12.3. The largest absolute Gasteiger partial charge is 0.466 e. The SMILES string of the molecule is COCCn1ncc(Cl)c1C(O)c1c(C)oc(C)c1C. The minimum absolute atomic E-state index is 0.436. The van der Waals surface area contributed by atoms with Crippen LogP contribution in [0.5, 0.6) is 0 Å². The number of halogens is 1. The fraction of sp³-hybridized carbons (Fsp3) is 0.500. The number of aliphatic hydroxyl groups is 1. The van der Waals surface area contributed by atoms with Crippen molar-refractivity contribution in [3.63, 3.8) is 0 Å². The number of hydrogen-bond donors (Lipinski definition) is 1. The average molecular weight is 299 g/mol. The summed E-state index contributed by atoms with van der Waals surface area (Å²) in [6, 6.07) is 0. The van der Waals surface area contributed by atoms with Gasteiger partial charge in [0, 0.05) is 12.7 Å². The van der Waals surface area contributed by atoms with E-state index >= 15 is 0 Å². The monoisotopic (exact) mass is 298 g/mol. The van der Waals surface area contributed by atoms with Gasteiger partial charge >= 0.3 is 0 Å². The summed E-state index contributed by atoms with van der Waals surface area (Å²) in [6.07, 6.45) is 0.673. The van der Waals surface area contributed by atoms with E-state index in [1.165, 1.54) is 6.20 Å². The Kier molecular flexibility index (Phi) is 4.52. The third-order valence-corrected chi connectivity index (χ3v) is 3.78. The van der Waals surface area contributed by atoms with Crippen LogP contribution in [0.25, 0.3) is 0 Å². The van der Waals surface area contributed by atoms with E-state index in [-0.39, 0.29) is 0 Å². The van der Waals surface area contributed by atoms with E-state index in [9.17, 15) is 5.11 Å². The van der Waals surface area contributed by atoms with E-state index in [1.807, 2.05) is 20.8 Å². The number of furan rings is 1. The van der Waals surface area contributed by atoms with Crippen LogP contribution in [0.3, 0.4) is 0 Å². The molecule has 0 saturated carbocycles. The summed E-state index contributed by atoms with van der Waals surface area (Å²) in [5.74, 6) is 1.50. The molecule has 1 N–H and O–H groups in total. The number of rotatable bonds is 5. The molecule has 0 fully saturated rings. The molecule has 5 nitrogen and oxygen atoms in total. The Labute approximate surface area is 123 Å². The maximum absolute atomic E-state index is 10.7. The highest BCUT2D eigenvalue weighted by Crippen LogP contribution is 2.34. The van der Waals surface area contributed by atoms with Crippen molar-refractivity contribution in [2.24, 2.45) is 0 Å². The number of aryl methyl sites for hydroxylation is 2. The number of ether oxygens (including phenoxy) is 1. The van der Waals surface area contributed by atoms with E-state index in [0.717, 1.165) is 16.9 Å². The lowest BCUT2D eigenvalue weighted by Crippen LogP contribution is -2.14. The van der Waals surface area contributed by atoms with Crippen LogP contribution in [-0.2, 0) is 11.3 Å². The predicted octanol–water partition coefficient (Wildman–Crippen LogP) is 2.78. The van der Waals surface area contributed by atoms with Gasteiger partial charge in [-0.2, -0.15) is 5.10 Å². The van der Waals surface area contributed by atoms with Gasteiger partial charge in [0.1, 0.15) is 17.6 Å². The molecule has 0 saturated heterocycles. The Morgan fingerprint density at radius 2 is 2.10 bits per heavy atom. The van der Waals surface area contributed by atoms with Crippen LogP contribution in [0.4, 0.5) is 0 Å². The number of aliphatic hydroxyl groups excluding tert-OH is 1. The van der Waals surface area contributed by atoms with E-state index < -0.39 is 6.10 Å². The summed E-state index contributed by atoms with van der Waals surface area (Å²) in [6.45, 7) is 6.67. The summed E-state index contributed by atoms with van der Waals surface area (Å²) in [5.41, 5.74) is 2.25. The Morgan fingerprint density at radius 1 is 1.40 bits per heavy atom. The van der Waals surface area contributed by atoms with Crippen molar-refractivity contribution in [1.82, 2.24) is 9.78 Å². The molecule has 0 aliphatic heterocycles. The first-order valence-corrected chi connectivity index (χ1v) is 6.79. The van der Waals surface area contributed by atoms with Crippen molar-refractivity contribution in [3.8, 4) is 0 Å². The zero-order valence-corrected chi connectivity index (χ0v) is 12.9. The van der Waals surface area contributed by atoms with Gasteiger partial charge in [0.15, 0.2) is 0 Å². The van der Waals surface area contributed by atoms with Crippen LogP contribution in [0.1, 0.15) is 34.4 Å². The lowest BCUT2D eigenvalue weighted by Gasteiger charge is -2.14. The molecular weight excluding hydrogens is 280 g/mol. The third-order valence-electron chi connectivity index (χ3n) is 3.49. The smallest absolute Gasteiger partial charge is 0.126 e. The molecule has 0 spiro atoms. The van der Waals surface area contributed by atoms with E-state index in [1.54, 1.807) is 11.8 Å². The maximum atomic E-state index is 10.7. The second-order valence-electron chi connectivity index (χ2n) is 4.75. The molecule has 1 atom stereocenters. The quantitative estimate of drug-likeness (QED) is 0.922. The molecule has 0 amide bonds. The highest BCUT2D eigenvalue weighted by molar-refractivity contribution is 6.31. The van der Waals surface area contributed by atoms with Crippen LogP contribution in [0.15, 0.2) is 10.6 Å². The molecule has 110 valence electrons. The lowest BCUT2D eigenvalue weighted by molar-refractivity contribution is 0.170. The Morgan fingerprint density at radius 3 is 2.65 bits per heavy atom. The molecule has 0 aliphatic carbocycles. The van der Waals surface area contributed by atoms with Gasteiger partial charge < -0.3 is 14.3 Å². The average Bonchev–Trinajstić information content (AvgIpc) is 2.88. The van der Waals surface area contributed by atoms with Gasteiger partial charge in [-0.15, -0.1) is 0 Å². The van der Waals surface area contributed by atoms with Crippen molar-refractivity contribution in [2.75, 3.05) is 13.7 Å². The van der Waals surface area contributed by atoms with Crippen LogP contribution in [0, 0.1) is 20.8 Å². The number of nitrogens with zero attached hydrogens (tertiary/aromatic N) is 2. The molecule has 0 aliphatic rings. The van der Waals surface area contributed by atoms with Crippen LogP contribution >= 0.6 is 11.6 Å². The van der Waals surface area contributed by atoms with Gasteiger partial charge in [0.25, 0.3) is 0 Å². The third kappa shape index (κ3) is 2.61. The fourth-order valence-corrected chi connectivity index (χ4v) is 2.59. The Bertz CT molecular complexity index is 604. The normalized spacial score (nSPS) is 12.9. The molecule has 2 heterocycles. The van der Waals surface area contributed by atoms with Crippen molar-refractivity contribution >= 4 is 11.6 Å². The minimum atomic E-state index is -0.862. The molecule has 0 aromatic carbocycles. The predicted molar refractivity (Wildman–Crippen MR) is 76.1 cm³/mol. The van der Waals surface area contributed by atoms with E-state index in [4.69, 9.17) is 20.8 Å². The van der Waals surface area contributed by atoms with Gasteiger partial charge in [-0.3, -0.25) is 4.68 Å². The topological polar surface area (TPSA) is 60.4 Å². The Balaban J connectivity index is 2.42. The first-order chi connectivity index (χ1) is 9.47. The van der Waals surface area contributed by atoms with Gasteiger partial charge in [-0.05, 0) is 26.3 Å². The second kappa shape index (κ2) is 5.99. The maximum Gasteiger partial charge on any atom is 0.126 e. The second-order valence-corrected chi connectivity index (χ2v) is 5.16. The summed E-state index contributed by atoms with van der Waals surface area (Å²) in [7, 11) is 1.62. The van der Waals surface area contributed by atoms with Crippen molar-refractivity contribution in [2.45, 2.75) is 33.4 Å². The molecule has 1 unspecified atom stereocenters. The zero-order valence-electron chi connectivity index (χ0n) is 12.1. The van der Waals surface area contributed by atoms with Gasteiger partial charge in [-0.25, -0.2) is 0 Å².